The van der Waals surface area contributed by atoms with E-state index in [4.69, 9.17) is 39.5 Å². The summed E-state index contributed by atoms with van der Waals surface area (Å²) in [4.78, 5) is 0. The Morgan fingerprint density at radius 2 is 1.81 bits per heavy atom. The average molecular weight is 283 g/mol. The highest BCUT2D eigenvalue weighted by Gasteiger charge is 2.12. The highest BCUT2D eigenvalue weighted by molar-refractivity contribution is 6.40. The first kappa shape index (κ1) is 13.9. The molecule has 1 atom stereocenters. The zero-order chi connectivity index (χ0) is 12.1. The van der Waals surface area contributed by atoms with Crippen LogP contribution in [0.1, 0.15) is 13.8 Å². The molecule has 0 bridgehead atoms. The molecule has 0 saturated heterocycles. The van der Waals surface area contributed by atoms with Gasteiger partial charge < -0.3 is 10.1 Å². The van der Waals surface area contributed by atoms with Gasteiger partial charge in [-0.15, -0.1) is 0 Å². The van der Waals surface area contributed by atoms with Crippen LogP contribution >= 0.6 is 34.8 Å². The Kier molecular flexibility index (Phi) is 5.70. The van der Waals surface area contributed by atoms with E-state index in [-0.39, 0.29) is 6.10 Å². The molecule has 0 amide bonds. The first-order chi connectivity index (χ1) is 7.54. The Morgan fingerprint density at radius 1 is 1.25 bits per heavy atom. The van der Waals surface area contributed by atoms with Crippen LogP contribution in [0.2, 0.25) is 15.1 Å². The summed E-state index contributed by atoms with van der Waals surface area (Å²) in [5.41, 5.74) is 0. The largest absolute Gasteiger partial charge is 0.486 e. The van der Waals surface area contributed by atoms with E-state index < -0.39 is 0 Å². The van der Waals surface area contributed by atoms with Crippen molar-refractivity contribution in [2.24, 2.45) is 0 Å². The first-order valence-corrected chi connectivity index (χ1v) is 6.20. The van der Waals surface area contributed by atoms with E-state index in [0.717, 1.165) is 13.1 Å². The van der Waals surface area contributed by atoms with Gasteiger partial charge in [0.25, 0.3) is 0 Å². The van der Waals surface area contributed by atoms with Crippen molar-refractivity contribution in [2.45, 2.75) is 20.0 Å². The van der Waals surface area contributed by atoms with Crippen LogP contribution in [0.3, 0.4) is 0 Å². The second kappa shape index (κ2) is 6.55. The topological polar surface area (TPSA) is 21.3 Å². The Bertz CT molecular complexity index is 334. The second-order valence-electron chi connectivity index (χ2n) is 3.43. The van der Waals surface area contributed by atoms with Crippen molar-refractivity contribution in [2.75, 3.05) is 13.1 Å². The zero-order valence-corrected chi connectivity index (χ0v) is 11.5. The lowest BCUT2D eigenvalue weighted by atomic mass is 10.3. The van der Waals surface area contributed by atoms with E-state index >= 15 is 0 Å². The normalized spacial score (nSPS) is 12.6. The maximum atomic E-state index is 6.00. The molecular weight excluding hydrogens is 268 g/mol. The fourth-order valence-corrected chi connectivity index (χ4v) is 2.14. The van der Waals surface area contributed by atoms with E-state index in [0.29, 0.717) is 20.8 Å². The minimum Gasteiger partial charge on any atom is -0.486 e. The molecule has 5 heteroatoms. The van der Waals surface area contributed by atoms with Crippen molar-refractivity contribution in [1.29, 1.82) is 0 Å². The molecule has 0 saturated carbocycles. The summed E-state index contributed by atoms with van der Waals surface area (Å²) in [6, 6.07) is 3.23. The van der Waals surface area contributed by atoms with Gasteiger partial charge in [-0.3, -0.25) is 0 Å². The first-order valence-electron chi connectivity index (χ1n) is 5.06. The molecule has 0 aliphatic heterocycles. The van der Waals surface area contributed by atoms with Gasteiger partial charge in [-0.2, -0.15) is 0 Å². The lowest BCUT2D eigenvalue weighted by Gasteiger charge is -2.17. The van der Waals surface area contributed by atoms with Gasteiger partial charge in [-0.05, 0) is 25.6 Å². The Morgan fingerprint density at radius 3 is 2.31 bits per heavy atom. The molecule has 0 aliphatic carbocycles. The fourth-order valence-electron chi connectivity index (χ4n) is 1.23. The van der Waals surface area contributed by atoms with Crippen molar-refractivity contribution >= 4 is 34.8 Å². The van der Waals surface area contributed by atoms with Crippen molar-refractivity contribution in [3.8, 4) is 5.75 Å². The molecule has 0 radical (unpaired) electrons. The standard InChI is InChI=1S/C11H14Cl3NO/c1-3-15-6-7(2)16-11-9(13)4-8(12)5-10(11)14/h4-5,7,15H,3,6H2,1-2H3. The summed E-state index contributed by atoms with van der Waals surface area (Å²) in [7, 11) is 0. The van der Waals surface area contributed by atoms with Crippen molar-refractivity contribution in [1.82, 2.24) is 5.32 Å². The predicted octanol–water partition coefficient (Wildman–Crippen LogP) is 4.02. The van der Waals surface area contributed by atoms with Crippen LogP contribution in [0.15, 0.2) is 12.1 Å². The Labute approximate surface area is 111 Å². The summed E-state index contributed by atoms with van der Waals surface area (Å²) in [6.07, 6.45) is -0.00359. The van der Waals surface area contributed by atoms with Gasteiger partial charge in [0.15, 0.2) is 5.75 Å². The van der Waals surface area contributed by atoms with Crippen molar-refractivity contribution < 1.29 is 4.74 Å². The lowest BCUT2D eigenvalue weighted by molar-refractivity contribution is 0.218. The van der Waals surface area contributed by atoms with Gasteiger partial charge in [0.2, 0.25) is 0 Å². The van der Waals surface area contributed by atoms with Gasteiger partial charge in [0, 0.05) is 11.6 Å². The number of hydrogen-bond acceptors (Lipinski definition) is 2. The molecule has 0 aromatic heterocycles. The third-order valence-corrected chi connectivity index (χ3v) is 2.74. The third kappa shape index (κ3) is 4.02. The number of hydrogen-bond donors (Lipinski definition) is 1. The number of nitrogens with one attached hydrogen (secondary N) is 1. The number of benzene rings is 1. The van der Waals surface area contributed by atoms with E-state index in [1.807, 2.05) is 13.8 Å². The number of rotatable bonds is 5. The van der Waals surface area contributed by atoms with Crippen LogP contribution in [-0.4, -0.2) is 19.2 Å². The molecule has 16 heavy (non-hydrogen) atoms. The Hall–Kier alpha value is -0.150. The van der Waals surface area contributed by atoms with Crippen molar-refractivity contribution in [3.05, 3.63) is 27.2 Å². The van der Waals surface area contributed by atoms with Gasteiger partial charge >= 0.3 is 0 Å². The number of ether oxygens (including phenoxy) is 1. The minimum absolute atomic E-state index is 0.00359. The molecule has 0 spiro atoms. The highest BCUT2D eigenvalue weighted by Crippen LogP contribution is 2.36. The van der Waals surface area contributed by atoms with Crippen LogP contribution in [0, 0.1) is 0 Å². The molecule has 1 unspecified atom stereocenters. The molecule has 1 aromatic carbocycles. The number of halogens is 3. The zero-order valence-electron chi connectivity index (χ0n) is 9.19. The van der Waals surface area contributed by atoms with Gasteiger partial charge in [-0.1, -0.05) is 41.7 Å². The number of likely N-dealkylation sites (N-methyl/N-ethyl adjacent to an activating group) is 1. The third-order valence-electron chi connectivity index (χ3n) is 1.96. The second-order valence-corrected chi connectivity index (χ2v) is 4.69. The van der Waals surface area contributed by atoms with Crippen LogP contribution in [0.5, 0.6) is 5.75 Å². The van der Waals surface area contributed by atoms with Crippen LogP contribution in [-0.2, 0) is 0 Å². The van der Waals surface area contributed by atoms with E-state index in [1.165, 1.54) is 0 Å². The summed E-state index contributed by atoms with van der Waals surface area (Å²) < 4.78 is 5.65. The smallest absolute Gasteiger partial charge is 0.157 e. The molecule has 1 N–H and O–H groups in total. The van der Waals surface area contributed by atoms with Crippen molar-refractivity contribution in [3.63, 3.8) is 0 Å². The van der Waals surface area contributed by atoms with Gasteiger partial charge in [0.05, 0.1) is 10.0 Å². The highest BCUT2D eigenvalue weighted by atomic mass is 35.5. The van der Waals surface area contributed by atoms with E-state index in [1.54, 1.807) is 12.1 Å². The molecule has 90 valence electrons. The average Bonchev–Trinajstić information content (AvgIpc) is 2.20. The maximum Gasteiger partial charge on any atom is 0.157 e. The summed E-state index contributed by atoms with van der Waals surface area (Å²) >= 11 is 17.8. The summed E-state index contributed by atoms with van der Waals surface area (Å²) in [5.74, 6) is 0.484. The van der Waals surface area contributed by atoms with E-state index in [2.05, 4.69) is 5.32 Å². The quantitative estimate of drug-likeness (QED) is 0.880. The lowest BCUT2D eigenvalue weighted by Crippen LogP contribution is -2.28. The summed E-state index contributed by atoms with van der Waals surface area (Å²) in [6.45, 7) is 5.63. The van der Waals surface area contributed by atoms with E-state index in [9.17, 15) is 0 Å². The SMILES string of the molecule is CCNCC(C)Oc1c(Cl)cc(Cl)cc1Cl. The van der Waals surface area contributed by atoms with Crippen LogP contribution < -0.4 is 10.1 Å². The molecule has 0 fully saturated rings. The molecule has 0 heterocycles. The molecular formula is C11H14Cl3NO. The maximum absolute atomic E-state index is 6.00. The minimum atomic E-state index is -0.00359. The van der Waals surface area contributed by atoms with Gasteiger partial charge in [0.1, 0.15) is 6.10 Å². The monoisotopic (exact) mass is 281 g/mol. The van der Waals surface area contributed by atoms with Crippen LogP contribution in [0.25, 0.3) is 0 Å². The molecule has 1 rings (SSSR count). The van der Waals surface area contributed by atoms with Gasteiger partial charge in [-0.25, -0.2) is 0 Å². The summed E-state index contributed by atoms with van der Waals surface area (Å²) in [5, 5.41) is 4.55. The Balaban J connectivity index is 2.73. The predicted molar refractivity (Wildman–Crippen MR) is 70.1 cm³/mol. The fraction of sp³-hybridized carbons (Fsp3) is 0.455. The molecule has 1 aromatic rings. The molecule has 2 nitrogen and oxygen atoms in total. The molecule has 0 aliphatic rings. The van der Waals surface area contributed by atoms with Crippen LogP contribution in [0.4, 0.5) is 0 Å².